The topological polar surface area (TPSA) is 130 Å². The van der Waals surface area contributed by atoms with Crippen molar-refractivity contribution in [2.75, 3.05) is 0 Å². The number of hydrogen-bond donors (Lipinski definition) is 0. The van der Waals surface area contributed by atoms with Crippen LogP contribution in [0.1, 0.15) is 69.2 Å². The normalized spacial score (nSPS) is 33.5. The number of benzene rings is 1. The number of Topliss-reactive ketones (excluding diaryl/α,β-unsaturated/α-hetero) is 1. The van der Waals surface area contributed by atoms with Crippen LogP contribution in [0.3, 0.4) is 0 Å². The molecule has 0 spiro atoms. The zero-order valence-corrected chi connectivity index (χ0v) is 19.8. The molecule has 0 unspecified atom stereocenters. The van der Waals surface area contributed by atoms with Crippen LogP contribution < -0.4 is 0 Å². The SMILES string of the molecule is C[C@]12CC[C@@H]3C(=CC=C4C[C@H](OC(=O)c5cc([N+](=O)[O-])cc([N+](=O)[O-])c5)CC[C@]43C)[C@H]1CCC2=O. The Morgan fingerprint density at radius 1 is 0.943 bits per heavy atom. The lowest BCUT2D eigenvalue weighted by Crippen LogP contribution is -2.46. The third kappa shape index (κ3) is 3.68. The van der Waals surface area contributed by atoms with E-state index in [1.807, 2.05) is 0 Å². The van der Waals surface area contributed by atoms with Crippen molar-refractivity contribution >= 4 is 23.1 Å². The fraction of sp³-hybridized carbons (Fsp3) is 0.538. The van der Waals surface area contributed by atoms with Crippen molar-refractivity contribution in [2.24, 2.45) is 22.7 Å². The first kappa shape index (κ1) is 23.4. The highest BCUT2D eigenvalue weighted by Crippen LogP contribution is 2.62. The highest BCUT2D eigenvalue weighted by atomic mass is 16.6. The molecule has 5 rings (SSSR count). The molecule has 0 radical (unpaired) electrons. The third-order valence-electron chi connectivity index (χ3n) is 9.07. The summed E-state index contributed by atoms with van der Waals surface area (Å²) < 4.78 is 5.69. The van der Waals surface area contributed by atoms with E-state index in [1.54, 1.807) is 0 Å². The Hall–Kier alpha value is -3.36. The number of nitro benzene ring substituents is 2. The van der Waals surface area contributed by atoms with Gasteiger partial charge in [-0.15, -0.1) is 0 Å². The summed E-state index contributed by atoms with van der Waals surface area (Å²) in [5.41, 5.74) is 1.08. The Labute approximate surface area is 202 Å². The lowest BCUT2D eigenvalue weighted by molar-refractivity contribution is -0.394. The molecule has 9 heteroatoms. The van der Waals surface area contributed by atoms with Crippen molar-refractivity contribution in [2.45, 2.75) is 64.9 Å². The number of esters is 1. The van der Waals surface area contributed by atoms with Gasteiger partial charge in [0.05, 0.1) is 21.5 Å². The highest BCUT2D eigenvalue weighted by molar-refractivity contribution is 5.91. The predicted octanol–water partition coefficient (Wildman–Crippen LogP) is 5.48. The molecule has 35 heavy (non-hydrogen) atoms. The summed E-state index contributed by atoms with van der Waals surface area (Å²) in [6.07, 6.45) is 9.41. The summed E-state index contributed by atoms with van der Waals surface area (Å²) in [6, 6.07) is 2.85. The van der Waals surface area contributed by atoms with E-state index in [2.05, 4.69) is 26.0 Å². The molecule has 5 atom stereocenters. The van der Waals surface area contributed by atoms with Gasteiger partial charge < -0.3 is 4.74 Å². The Kier molecular flexibility index (Phi) is 5.41. The lowest BCUT2D eigenvalue weighted by atomic mass is 9.51. The van der Waals surface area contributed by atoms with Crippen molar-refractivity contribution in [3.05, 3.63) is 67.3 Å². The van der Waals surface area contributed by atoms with E-state index in [9.17, 15) is 29.8 Å². The third-order valence-corrected chi connectivity index (χ3v) is 9.07. The number of non-ortho nitro benzene ring substituents is 2. The van der Waals surface area contributed by atoms with Gasteiger partial charge in [0.15, 0.2) is 0 Å². The first-order valence-electron chi connectivity index (χ1n) is 12.1. The Bertz CT molecular complexity index is 1190. The van der Waals surface area contributed by atoms with Crippen LogP contribution in [0.4, 0.5) is 11.4 Å². The van der Waals surface area contributed by atoms with Crippen molar-refractivity contribution in [1.82, 2.24) is 0 Å². The Morgan fingerprint density at radius 3 is 2.23 bits per heavy atom. The Morgan fingerprint density at radius 2 is 1.57 bits per heavy atom. The van der Waals surface area contributed by atoms with Gasteiger partial charge in [-0.05, 0) is 49.4 Å². The van der Waals surface area contributed by atoms with Gasteiger partial charge in [-0.2, -0.15) is 0 Å². The summed E-state index contributed by atoms with van der Waals surface area (Å²) in [4.78, 5) is 46.2. The van der Waals surface area contributed by atoms with E-state index in [-0.39, 0.29) is 16.4 Å². The second-order valence-electron chi connectivity index (χ2n) is 10.8. The predicted molar refractivity (Wildman–Crippen MR) is 126 cm³/mol. The van der Waals surface area contributed by atoms with Crippen LogP contribution in [-0.4, -0.2) is 27.7 Å². The molecule has 0 amide bonds. The van der Waals surface area contributed by atoms with Crippen LogP contribution >= 0.6 is 0 Å². The van der Waals surface area contributed by atoms with E-state index < -0.39 is 33.3 Å². The van der Waals surface area contributed by atoms with Crippen molar-refractivity contribution < 1.29 is 24.2 Å². The van der Waals surface area contributed by atoms with Gasteiger partial charge in [-0.25, -0.2) is 4.79 Å². The minimum Gasteiger partial charge on any atom is -0.458 e. The van der Waals surface area contributed by atoms with E-state index in [0.717, 1.165) is 43.9 Å². The molecule has 184 valence electrons. The summed E-state index contributed by atoms with van der Waals surface area (Å²) in [5.74, 6) is 0.279. The molecule has 0 heterocycles. The number of ether oxygens (including phenoxy) is 1. The second-order valence-corrected chi connectivity index (χ2v) is 10.8. The average Bonchev–Trinajstić information content (AvgIpc) is 3.13. The standard InChI is InChI=1S/C26H28N2O7/c1-25-9-7-19(35-24(30)15-11-17(27(31)32)14-18(12-15)28(33)34)13-16(25)3-4-20-21-5-6-23(29)26(21,2)10-8-22(20)25/h3-4,11-12,14,19,21-22H,5-10,13H2,1-2H3/t19-,21-,22-,25-,26+/m1/s1. The van der Waals surface area contributed by atoms with E-state index in [0.29, 0.717) is 36.9 Å². The highest BCUT2D eigenvalue weighted by Gasteiger charge is 2.56. The van der Waals surface area contributed by atoms with Crippen LogP contribution in [0.25, 0.3) is 0 Å². The molecule has 0 aliphatic heterocycles. The molecule has 1 aromatic carbocycles. The number of ketones is 1. The number of fused-ring (bicyclic) bond motifs is 5. The maximum atomic E-state index is 12.8. The lowest BCUT2D eigenvalue weighted by Gasteiger charge is -2.53. The Balaban J connectivity index is 1.36. The molecule has 0 bridgehead atoms. The molecular weight excluding hydrogens is 452 g/mol. The summed E-state index contributed by atoms with van der Waals surface area (Å²) >= 11 is 0. The van der Waals surface area contributed by atoms with Gasteiger partial charge in [-0.3, -0.25) is 25.0 Å². The van der Waals surface area contributed by atoms with Crippen LogP contribution in [0.2, 0.25) is 0 Å². The van der Waals surface area contributed by atoms with Gasteiger partial charge in [0.2, 0.25) is 0 Å². The van der Waals surface area contributed by atoms with E-state index >= 15 is 0 Å². The number of nitrogens with zero attached hydrogens (tertiary/aromatic N) is 2. The molecule has 4 aliphatic rings. The molecule has 0 N–H and O–H groups in total. The number of allylic oxidation sites excluding steroid dienone is 3. The van der Waals surface area contributed by atoms with Gasteiger partial charge in [-0.1, -0.05) is 37.1 Å². The first-order valence-corrected chi connectivity index (χ1v) is 12.1. The quantitative estimate of drug-likeness (QED) is 0.317. The molecule has 0 saturated heterocycles. The second kappa shape index (κ2) is 8.10. The molecule has 4 aliphatic carbocycles. The van der Waals surface area contributed by atoms with E-state index in [1.165, 1.54) is 11.1 Å². The fourth-order valence-corrected chi connectivity index (χ4v) is 6.99. The number of carbonyl (C=O) groups excluding carboxylic acids is 2. The number of nitro groups is 2. The smallest absolute Gasteiger partial charge is 0.338 e. The molecule has 3 saturated carbocycles. The fourth-order valence-electron chi connectivity index (χ4n) is 6.99. The summed E-state index contributed by atoms with van der Waals surface area (Å²) in [6.45, 7) is 4.40. The molecular formula is C26H28N2O7. The zero-order chi connectivity index (χ0) is 25.1. The van der Waals surface area contributed by atoms with Crippen molar-refractivity contribution in [3.63, 3.8) is 0 Å². The first-order chi connectivity index (χ1) is 16.5. The van der Waals surface area contributed by atoms with Gasteiger partial charge in [0.1, 0.15) is 11.9 Å². The number of rotatable bonds is 4. The summed E-state index contributed by atoms with van der Waals surface area (Å²) in [5, 5.41) is 22.3. The molecule has 1 aromatic rings. The van der Waals surface area contributed by atoms with Crippen molar-refractivity contribution in [1.29, 1.82) is 0 Å². The zero-order valence-electron chi connectivity index (χ0n) is 19.8. The minimum absolute atomic E-state index is 0.0513. The number of hydrogen-bond acceptors (Lipinski definition) is 7. The van der Waals surface area contributed by atoms with Crippen LogP contribution in [0.15, 0.2) is 41.5 Å². The monoisotopic (exact) mass is 480 g/mol. The van der Waals surface area contributed by atoms with Gasteiger partial charge in [0, 0.05) is 30.4 Å². The van der Waals surface area contributed by atoms with E-state index in [4.69, 9.17) is 4.74 Å². The van der Waals surface area contributed by atoms with Gasteiger partial charge in [0.25, 0.3) is 11.4 Å². The molecule has 0 aromatic heterocycles. The van der Waals surface area contributed by atoms with Crippen molar-refractivity contribution in [3.8, 4) is 0 Å². The molecule has 3 fully saturated rings. The summed E-state index contributed by atoms with van der Waals surface area (Å²) in [7, 11) is 0. The largest absolute Gasteiger partial charge is 0.458 e. The average molecular weight is 481 g/mol. The maximum Gasteiger partial charge on any atom is 0.338 e. The minimum atomic E-state index is -0.795. The van der Waals surface area contributed by atoms with Crippen LogP contribution in [0, 0.1) is 42.9 Å². The molecule has 9 nitrogen and oxygen atoms in total. The maximum absolute atomic E-state index is 12.8. The van der Waals surface area contributed by atoms with Crippen LogP contribution in [0.5, 0.6) is 0 Å². The van der Waals surface area contributed by atoms with Crippen LogP contribution in [-0.2, 0) is 9.53 Å². The van der Waals surface area contributed by atoms with Gasteiger partial charge >= 0.3 is 5.97 Å². The number of carbonyl (C=O) groups is 2.